The zero-order valence-electron chi connectivity index (χ0n) is 11.9. The molecule has 0 saturated heterocycles. The minimum absolute atomic E-state index is 0. The summed E-state index contributed by atoms with van der Waals surface area (Å²) >= 11 is 0. The molecule has 0 fully saturated rings. The van der Waals surface area contributed by atoms with Gasteiger partial charge in [-0.15, -0.1) is 12.4 Å². The van der Waals surface area contributed by atoms with Crippen molar-refractivity contribution in [2.45, 2.75) is 32.4 Å². The van der Waals surface area contributed by atoms with Crippen LogP contribution in [0.15, 0.2) is 48.5 Å². The van der Waals surface area contributed by atoms with Gasteiger partial charge in [0.1, 0.15) is 0 Å². The Morgan fingerprint density at radius 1 is 1.05 bits per heavy atom. The molecule has 2 aromatic rings. The lowest BCUT2D eigenvalue weighted by atomic mass is 9.93. The van der Waals surface area contributed by atoms with Crippen LogP contribution in [0, 0.1) is 13.8 Å². The van der Waals surface area contributed by atoms with Crippen LogP contribution >= 0.6 is 12.4 Å². The molecule has 2 rings (SSSR count). The predicted molar refractivity (Wildman–Crippen MR) is 86.2 cm³/mol. The lowest BCUT2D eigenvalue weighted by molar-refractivity contribution is 0.145. The molecule has 0 aliphatic rings. The largest absolute Gasteiger partial charge is 0.391 e. The Hall–Kier alpha value is -1.35. The summed E-state index contributed by atoms with van der Waals surface area (Å²) in [6.45, 7) is 4.10. The molecule has 0 aliphatic carbocycles. The van der Waals surface area contributed by atoms with Gasteiger partial charge in [0.2, 0.25) is 0 Å². The number of hydrogen-bond donors (Lipinski definition) is 2. The highest BCUT2D eigenvalue weighted by atomic mass is 35.5. The van der Waals surface area contributed by atoms with Crippen LogP contribution in [0.1, 0.15) is 28.3 Å². The minimum atomic E-state index is -0.566. The fourth-order valence-electron chi connectivity index (χ4n) is 2.39. The molecule has 0 unspecified atom stereocenters. The van der Waals surface area contributed by atoms with Crippen LogP contribution in [0.2, 0.25) is 0 Å². The van der Waals surface area contributed by atoms with E-state index in [1.165, 1.54) is 5.56 Å². The molecule has 0 amide bonds. The summed E-state index contributed by atoms with van der Waals surface area (Å²) in [5, 5.41) is 10.3. The minimum Gasteiger partial charge on any atom is -0.391 e. The zero-order chi connectivity index (χ0) is 13.8. The Bertz CT molecular complexity index is 542. The van der Waals surface area contributed by atoms with Crippen molar-refractivity contribution in [2.24, 2.45) is 5.73 Å². The number of aliphatic hydroxyl groups excluding tert-OH is 1. The van der Waals surface area contributed by atoms with E-state index < -0.39 is 6.10 Å². The molecule has 2 nitrogen and oxygen atoms in total. The van der Waals surface area contributed by atoms with Crippen molar-refractivity contribution in [1.82, 2.24) is 0 Å². The van der Waals surface area contributed by atoms with E-state index in [-0.39, 0.29) is 18.4 Å². The number of benzene rings is 2. The molecule has 20 heavy (non-hydrogen) atoms. The summed E-state index contributed by atoms with van der Waals surface area (Å²) in [4.78, 5) is 0. The van der Waals surface area contributed by atoms with Gasteiger partial charge in [-0.3, -0.25) is 0 Å². The average molecular weight is 292 g/mol. The molecule has 0 spiro atoms. The number of nitrogens with two attached hydrogens (primary N) is 1. The predicted octanol–water partition coefficient (Wildman–Crippen LogP) is 3.33. The molecule has 3 heteroatoms. The van der Waals surface area contributed by atoms with Crippen molar-refractivity contribution in [1.29, 1.82) is 0 Å². The van der Waals surface area contributed by atoms with Gasteiger partial charge in [0.05, 0.1) is 12.1 Å². The molecule has 0 saturated carbocycles. The van der Waals surface area contributed by atoms with Gasteiger partial charge in [0, 0.05) is 6.42 Å². The van der Waals surface area contributed by atoms with Crippen LogP contribution in [0.4, 0.5) is 0 Å². The normalized spacial score (nSPS) is 13.4. The Kier molecular flexibility index (Phi) is 6.21. The maximum atomic E-state index is 10.3. The molecular weight excluding hydrogens is 270 g/mol. The van der Waals surface area contributed by atoms with Gasteiger partial charge in [0.15, 0.2) is 0 Å². The van der Waals surface area contributed by atoms with Crippen LogP contribution in [-0.4, -0.2) is 11.2 Å². The van der Waals surface area contributed by atoms with E-state index in [2.05, 4.69) is 13.0 Å². The van der Waals surface area contributed by atoms with E-state index in [0.29, 0.717) is 6.42 Å². The topological polar surface area (TPSA) is 46.2 Å². The van der Waals surface area contributed by atoms with Crippen LogP contribution in [0.25, 0.3) is 0 Å². The fourth-order valence-corrected chi connectivity index (χ4v) is 2.39. The lowest BCUT2D eigenvalue weighted by Gasteiger charge is -2.21. The number of hydrogen-bond acceptors (Lipinski definition) is 2. The number of rotatable bonds is 4. The summed E-state index contributed by atoms with van der Waals surface area (Å²) in [5.41, 5.74) is 10.7. The van der Waals surface area contributed by atoms with Crippen molar-refractivity contribution in [3.63, 3.8) is 0 Å². The molecule has 2 aromatic carbocycles. The lowest BCUT2D eigenvalue weighted by Crippen LogP contribution is -2.28. The molecule has 2 atom stereocenters. The standard InChI is InChI=1S/C17H21NO.ClH/c1-12-8-9-15(13(2)10-12)17(18)16(19)11-14-6-4-3-5-7-14;/h3-10,16-17,19H,11,18H2,1-2H3;1H/t16-,17+;/m1./s1. The summed E-state index contributed by atoms with van der Waals surface area (Å²) in [7, 11) is 0. The third-order valence-electron chi connectivity index (χ3n) is 3.49. The zero-order valence-corrected chi connectivity index (χ0v) is 12.7. The van der Waals surface area contributed by atoms with E-state index in [9.17, 15) is 5.11 Å². The first kappa shape index (κ1) is 16.7. The molecule has 3 N–H and O–H groups in total. The number of aliphatic hydroxyl groups is 1. The van der Waals surface area contributed by atoms with Gasteiger partial charge in [-0.2, -0.15) is 0 Å². The molecule has 0 bridgehead atoms. The van der Waals surface area contributed by atoms with Crippen molar-refractivity contribution in [3.8, 4) is 0 Å². The van der Waals surface area contributed by atoms with E-state index >= 15 is 0 Å². The first-order chi connectivity index (χ1) is 9.08. The Balaban J connectivity index is 0.00000200. The average Bonchev–Trinajstić information content (AvgIpc) is 2.39. The van der Waals surface area contributed by atoms with Crippen molar-refractivity contribution in [3.05, 3.63) is 70.8 Å². The third-order valence-corrected chi connectivity index (χ3v) is 3.49. The van der Waals surface area contributed by atoms with Crippen LogP contribution in [0.5, 0.6) is 0 Å². The van der Waals surface area contributed by atoms with Crippen molar-refractivity contribution < 1.29 is 5.11 Å². The van der Waals surface area contributed by atoms with Gasteiger partial charge in [-0.25, -0.2) is 0 Å². The van der Waals surface area contributed by atoms with Crippen LogP contribution in [-0.2, 0) is 6.42 Å². The first-order valence-electron chi connectivity index (χ1n) is 6.62. The monoisotopic (exact) mass is 291 g/mol. The fraction of sp³-hybridized carbons (Fsp3) is 0.294. The van der Waals surface area contributed by atoms with Gasteiger partial charge in [-0.05, 0) is 30.5 Å². The van der Waals surface area contributed by atoms with Crippen LogP contribution < -0.4 is 5.73 Å². The maximum Gasteiger partial charge on any atom is 0.0773 e. The summed E-state index contributed by atoms with van der Waals surface area (Å²) in [5.74, 6) is 0. The Labute approximate surface area is 127 Å². The highest BCUT2D eigenvalue weighted by Crippen LogP contribution is 2.21. The second-order valence-electron chi connectivity index (χ2n) is 5.14. The van der Waals surface area contributed by atoms with Gasteiger partial charge < -0.3 is 10.8 Å². The Morgan fingerprint density at radius 2 is 1.70 bits per heavy atom. The van der Waals surface area contributed by atoms with Gasteiger partial charge >= 0.3 is 0 Å². The molecule has 0 aliphatic heterocycles. The molecule has 0 aromatic heterocycles. The number of halogens is 1. The van der Waals surface area contributed by atoms with E-state index in [0.717, 1.165) is 16.7 Å². The molecule has 0 radical (unpaired) electrons. The quantitative estimate of drug-likeness (QED) is 0.908. The van der Waals surface area contributed by atoms with E-state index in [1.54, 1.807) is 0 Å². The van der Waals surface area contributed by atoms with E-state index in [4.69, 9.17) is 5.73 Å². The second kappa shape index (κ2) is 7.44. The van der Waals surface area contributed by atoms with E-state index in [1.807, 2.05) is 49.4 Å². The summed E-state index contributed by atoms with van der Waals surface area (Å²) < 4.78 is 0. The molecule has 108 valence electrons. The maximum absolute atomic E-state index is 10.3. The highest BCUT2D eigenvalue weighted by molar-refractivity contribution is 5.85. The highest BCUT2D eigenvalue weighted by Gasteiger charge is 2.18. The third kappa shape index (κ3) is 4.07. The van der Waals surface area contributed by atoms with Crippen molar-refractivity contribution >= 4 is 12.4 Å². The van der Waals surface area contributed by atoms with Gasteiger partial charge in [-0.1, -0.05) is 54.1 Å². The second-order valence-corrected chi connectivity index (χ2v) is 5.14. The van der Waals surface area contributed by atoms with Crippen LogP contribution in [0.3, 0.4) is 0 Å². The first-order valence-corrected chi connectivity index (χ1v) is 6.62. The smallest absolute Gasteiger partial charge is 0.0773 e. The Morgan fingerprint density at radius 3 is 2.30 bits per heavy atom. The molecular formula is C17H22ClNO. The molecule has 0 heterocycles. The SMILES string of the molecule is Cc1ccc([C@H](N)[C@H](O)Cc2ccccc2)c(C)c1.Cl. The van der Waals surface area contributed by atoms with Gasteiger partial charge in [0.25, 0.3) is 0 Å². The van der Waals surface area contributed by atoms with Crippen molar-refractivity contribution in [2.75, 3.05) is 0 Å². The number of aryl methyl sites for hydroxylation is 2. The summed E-state index contributed by atoms with van der Waals surface area (Å²) in [6.07, 6.45) is 0.0128. The summed E-state index contributed by atoms with van der Waals surface area (Å²) in [6, 6.07) is 15.8.